The van der Waals surface area contributed by atoms with Crippen molar-refractivity contribution in [1.82, 2.24) is 0 Å². The van der Waals surface area contributed by atoms with Gasteiger partial charge in [-0.15, -0.1) is 0 Å². The van der Waals surface area contributed by atoms with E-state index < -0.39 is 6.43 Å². The highest BCUT2D eigenvalue weighted by Crippen LogP contribution is 2.30. The molecule has 0 spiro atoms. The zero-order chi connectivity index (χ0) is 10.1. The Labute approximate surface area is 85.1 Å². The third-order valence-corrected chi connectivity index (χ3v) is 2.43. The minimum atomic E-state index is -2.52. The van der Waals surface area contributed by atoms with Crippen molar-refractivity contribution in [2.45, 2.75) is 6.43 Å². The van der Waals surface area contributed by atoms with E-state index in [-0.39, 0.29) is 10.6 Å². The Balaban J connectivity index is 2.71. The summed E-state index contributed by atoms with van der Waals surface area (Å²) in [6, 6.07) is 10.3. The maximum atomic E-state index is 12.5. The van der Waals surface area contributed by atoms with Crippen LogP contribution in [0.15, 0.2) is 36.4 Å². The van der Waals surface area contributed by atoms with Crippen LogP contribution in [0.2, 0.25) is 5.02 Å². The molecule has 0 N–H and O–H groups in total. The fourth-order valence-corrected chi connectivity index (χ4v) is 1.65. The Hall–Kier alpha value is -1.15. The maximum absolute atomic E-state index is 12.5. The van der Waals surface area contributed by atoms with E-state index in [0.717, 1.165) is 10.8 Å². The lowest BCUT2D eigenvalue weighted by molar-refractivity contribution is 0.151. The third kappa shape index (κ3) is 1.58. The molecule has 0 aromatic heterocycles. The first kappa shape index (κ1) is 9.41. The van der Waals surface area contributed by atoms with Gasteiger partial charge in [-0.2, -0.15) is 0 Å². The van der Waals surface area contributed by atoms with Crippen LogP contribution in [0.5, 0.6) is 0 Å². The predicted molar refractivity (Wildman–Crippen MR) is 53.9 cm³/mol. The lowest BCUT2D eigenvalue weighted by Crippen LogP contribution is -1.86. The third-order valence-electron chi connectivity index (χ3n) is 2.10. The van der Waals surface area contributed by atoms with E-state index in [9.17, 15) is 8.78 Å². The average Bonchev–Trinajstić information content (AvgIpc) is 2.16. The van der Waals surface area contributed by atoms with Crippen LogP contribution in [0.25, 0.3) is 10.8 Å². The maximum Gasteiger partial charge on any atom is 0.265 e. The molecule has 2 rings (SSSR count). The minimum Gasteiger partial charge on any atom is -0.205 e. The Morgan fingerprint density at radius 2 is 1.57 bits per heavy atom. The second kappa shape index (κ2) is 3.54. The van der Waals surface area contributed by atoms with E-state index >= 15 is 0 Å². The van der Waals surface area contributed by atoms with Crippen LogP contribution in [-0.2, 0) is 0 Å². The van der Waals surface area contributed by atoms with Crippen LogP contribution in [0, 0.1) is 0 Å². The highest BCUT2D eigenvalue weighted by Gasteiger charge is 2.12. The molecule has 0 radical (unpaired) electrons. The van der Waals surface area contributed by atoms with Gasteiger partial charge in [0.2, 0.25) is 0 Å². The van der Waals surface area contributed by atoms with Crippen LogP contribution in [0.4, 0.5) is 8.78 Å². The monoisotopic (exact) mass is 212 g/mol. The molecule has 3 heteroatoms. The van der Waals surface area contributed by atoms with E-state index in [2.05, 4.69) is 0 Å². The number of hydrogen-bond acceptors (Lipinski definition) is 0. The van der Waals surface area contributed by atoms with Gasteiger partial charge in [-0.3, -0.25) is 0 Å². The van der Waals surface area contributed by atoms with Crippen molar-refractivity contribution in [2.75, 3.05) is 0 Å². The van der Waals surface area contributed by atoms with E-state index in [1.807, 2.05) is 18.2 Å². The van der Waals surface area contributed by atoms with E-state index in [4.69, 9.17) is 11.6 Å². The number of rotatable bonds is 1. The van der Waals surface area contributed by atoms with Crippen LogP contribution in [-0.4, -0.2) is 0 Å². The van der Waals surface area contributed by atoms with Crippen molar-refractivity contribution in [3.05, 3.63) is 47.0 Å². The second-order valence-electron chi connectivity index (χ2n) is 3.02. The van der Waals surface area contributed by atoms with Crippen LogP contribution in [0.1, 0.15) is 12.0 Å². The molecule has 0 nitrogen and oxygen atoms in total. The summed E-state index contributed by atoms with van der Waals surface area (Å²) < 4.78 is 24.9. The highest BCUT2D eigenvalue weighted by molar-refractivity contribution is 6.32. The van der Waals surface area contributed by atoms with Crippen LogP contribution >= 0.6 is 11.6 Å². The molecule has 0 aliphatic heterocycles. The predicted octanol–water partition coefficient (Wildman–Crippen LogP) is 4.43. The van der Waals surface area contributed by atoms with Gasteiger partial charge in [0, 0.05) is 5.56 Å². The topological polar surface area (TPSA) is 0 Å². The van der Waals surface area contributed by atoms with Gasteiger partial charge in [0.25, 0.3) is 6.43 Å². The summed E-state index contributed by atoms with van der Waals surface area (Å²) in [4.78, 5) is 0. The average molecular weight is 213 g/mol. The van der Waals surface area contributed by atoms with Gasteiger partial charge in [0.15, 0.2) is 0 Å². The number of benzene rings is 2. The first-order chi connectivity index (χ1) is 6.68. The largest absolute Gasteiger partial charge is 0.265 e. The fraction of sp³-hybridized carbons (Fsp3) is 0.0909. The van der Waals surface area contributed by atoms with Gasteiger partial charge < -0.3 is 0 Å². The Morgan fingerprint density at radius 3 is 2.14 bits per heavy atom. The molecule has 2 aromatic rings. The van der Waals surface area contributed by atoms with Gasteiger partial charge in [-0.25, -0.2) is 8.78 Å². The fourth-order valence-electron chi connectivity index (χ4n) is 1.40. The summed E-state index contributed by atoms with van der Waals surface area (Å²) in [5, 5.41) is 1.79. The summed E-state index contributed by atoms with van der Waals surface area (Å²) in [7, 11) is 0. The second-order valence-corrected chi connectivity index (χ2v) is 3.43. The van der Waals surface area contributed by atoms with E-state index in [1.165, 1.54) is 6.07 Å². The molecule has 0 heterocycles. The van der Waals surface area contributed by atoms with Crippen molar-refractivity contribution in [3.8, 4) is 0 Å². The molecule has 14 heavy (non-hydrogen) atoms. The Kier molecular flexibility index (Phi) is 2.38. The molecule has 0 fully saturated rings. The standard InChI is InChI=1S/C11H7ClF2/c12-10-6-8-4-2-1-3-7(8)5-9(10)11(13)14/h1-6,11H. The van der Waals surface area contributed by atoms with Gasteiger partial charge in [0.05, 0.1) is 5.02 Å². The molecule has 0 unspecified atom stereocenters. The number of alkyl halides is 2. The normalized spacial score (nSPS) is 11.1. The molecular formula is C11H7ClF2. The summed E-state index contributed by atoms with van der Waals surface area (Å²) in [6.07, 6.45) is -2.52. The molecule has 0 aliphatic carbocycles. The summed E-state index contributed by atoms with van der Waals surface area (Å²) in [5.41, 5.74) is -0.106. The molecule has 0 atom stereocenters. The zero-order valence-electron chi connectivity index (χ0n) is 7.18. The van der Waals surface area contributed by atoms with Crippen molar-refractivity contribution >= 4 is 22.4 Å². The number of hydrogen-bond donors (Lipinski definition) is 0. The molecule has 0 saturated carbocycles. The quantitative estimate of drug-likeness (QED) is 0.656. The van der Waals surface area contributed by atoms with Gasteiger partial charge in [-0.1, -0.05) is 35.9 Å². The molecule has 0 amide bonds. The zero-order valence-corrected chi connectivity index (χ0v) is 7.93. The number of fused-ring (bicyclic) bond motifs is 1. The molecule has 72 valence electrons. The van der Waals surface area contributed by atoms with E-state index in [1.54, 1.807) is 12.1 Å². The minimum absolute atomic E-state index is 0.106. The highest BCUT2D eigenvalue weighted by atomic mass is 35.5. The van der Waals surface area contributed by atoms with Crippen molar-refractivity contribution in [3.63, 3.8) is 0 Å². The summed E-state index contributed by atoms with van der Waals surface area (Å²) in [5.74, 6) is 0. The van der Waals surface area contributed by atoms with Gasteiger partial charge in [0.1, 0.15) is 0 Å². The van der Waals surface area contributed by atoms with Crippen molar-refractivity contribution < 1.29 is 8.78 Å². The van der Waals surface area contributed by atoms with Crippen LogP contribution in [0.3, 0.4) is 0 Å². The van der Waals surface area contributed by atoms with Gasteiger partial charge >= 0.3 is 0 Å². The van der Waals surface area contributed by atoms with E-state index in [0.29, 0.717) is 0 Å². The molecule has 2 aromatic carbocycles. The first-order valence-corrected chi connectivity index (χ1v) is 4.52. The van der Waals surface area contributed by atoms with Crippen LogP contribution < -0.4 is 0 Å². The number of halogens is 3. The lowest BCUT2D eigenvalue weighted by Gasteiger charge is -2.05. The Morgan fingerprint density at radius 1 is 1.00 bits per heavy atom. The summed E-state index contributed by atoms with van der Waals surface area (Å²) >= 11 is 5.72. The Bertz CT molecular complexity index is 466. The lowest BCUT2D eigenvalue weighted by atomic mass is 10.1. The van der Waals surface area contributed by atoms with Gasteiger partial charge in [-0.05, 0) is 22.9 Å². The molecule has 0 bridgehead atoms. The molecule has 0 saturated heterocycles. The summed E-state index contributed by atoms with van der Waals surface area (Å²) in [6.45, 7) is 0. The molecular weight excluding hydrogens is 206 g/mol. The van der Waals surface area contributed by atoms with Crippen molar-refractivity contribution in [1.29, 1.82) is 0 Å². The molecule has 0 aliphatic rings. The smallest absolute Gasteiger partial charge is 0.205 e. The SMILES string of the molecule is FC(F)c1cc2ccccc2cc1Cl. The van der Waals surface area contributed by atoms with Crippen molar-refractivity contribution in [2.24, 2.45) is 0 Å². The first-order valence-electron chi connectivity index (χ1n) is 4.15.